The van der Waals surface area contributed by atoms with E-state index in [0.717, 1.165) is 37.6 Å². The van der Waals surface area contributed by atoms with E-state index in [-0.39, 0.29) is 18.2 Å². The number of carbonyl (C=O) groups is 1. The molecule has 1 N–H and O–H groups in total. The van der Waals surface area contributed by atoms with Gasteiger partial charge in [-0.25, -0.2) is 4.79 Å². The number of rotatable bonds is 2. The summed E-state index contributed by atoms with van der Waals surface area (Å²) in [4.78, 5) is 16.8. The maximum atomic E-state index is 12.7. The molecule has 3 aliphatic rings. The highest BCUT2D eigenvalue weighted by Gasteiger charge is 2.49. The third-order valence-electron chi connectivity index (χ3n) is 5.94. The van der Waals surface area contributed by atoms with Crippen LogP contribution in [0.1, 0.15) is 39.2 Å². The molecule has 0 aromatic heterocycles. The number of carbonyl (C=O) groups excluding carboxylic acids is 1. The van der Waals surface area contributed by atoms with E-state index in [0.29, 0.717) is 26.1 Å². The second kappa shape index (κ2) is 7.78. The van der Waals surface area contributed by atoms with Gasteiger partial charge in [-0.05, 0) is 38.5 Å². The smallest absolute Gasteiger partial charge is 0.410 e. The summed E-state index contributed by atoms with van der Waals surface area (Å²) in [5.74, 6) is 0. The number of ether oxygens (including phenoxy) is 3. The first kappa shape index (κ1) is 20.4. The van der Waals surface area contributed by atoms with Crippen LogP contribution in [0.15, 0.2) is 24.3 Å². The Balaban J connectivity index is 1.50. The Bertz CT molecular complexity index is 710. The quantitative estimate of drug-likeness (QED) is 0.817. The Morgan fingerprint density at radius 1 is 1.07 bits per heavy atom. The molecule has 7 nitrogen and oxygen atoms in total. The van der Waals surface area contributed by atoms with Crippen LogP contribution >= 0.6 is 0 Å². The van der Waals surface area contributed by atoms with E-state index in [1.807, 2.05) is 32.9 Å². The Labute approximate surface area is 172 Å². The molecule has 1 aromatic rings. The zero-order valence-corrected chi connectivity index (χ0v) is 17.6. The van der Waals surface area contributed by atoms with Gasteiger partial charge >= 0.3 is 6.09 Å². The molecule has 0 spiro atoms. The Morgan fingerprint density at radius 2 is 1.66 bits per heavy atom. The Kier molecular flexibility index (Phi) is 5.48. The number of aliphatic hydroxyl groups is 1. The molecular formula is C22H32N2O5. The number of piperidine rings is 1. The predicted molar refractivity (Wildman–Crippen MR) is 109 cm³/mol. The summed E-state index contributed by atoms with van der Waals surface area (Å²) in [6.07, 6.45) is 0.569. The van der Waals surface area contributed by atoms with Crippen molar-refractivity contribution >= 4 is 11.8 Å². The van der Waals surface area contributed by atoms with Crippen molar-refractivity contribution in [1.29, 1.82) is 0 Å². The monoisotopic (exact) mass is 404 g/mol. The lowest BCUT2D eigenvalue weighted by molar-refractivity contribution is -0.141. The van der Waals surface area contributed by atoms with Gasteiger partial charge in [0.25, 0.3) is 0 Å². The van der Waals surface area contributed by atoms with Crippen LogP contribution in [0.2, 0.25) is 0 Å². The first-order chi connectivity index (χ1) is 13.8. The van der Waals surface area contributed by atoms with Gasteiger partial charge in [-0.15, -0.1) is 0 Å². The topological polar surface area (TPSA) is 71.5 Å². The second-order valence-electron chi connectivity index (χ2n) is 9.32. The number of hydrogen-bond donors (Lipinski definition) is 1. The molecule has 3 fully saturated rings. The van der Waals surface area contributed by atoms with E-state index in [2.05, 4.69) is 17.0 Å². The minimum Gasteiger partial charge on any atom is -0.444 e. The number of morpholine rings is 2. The molecule has 0 saturated carbocycles. The molecule has 3 aliphatic heterocycles. The zero-order valence-electron chi connectivity index (χ0n) is 17.6. The van der Waals surface area contributed by atoms with Gasteiger partial charge in [0.05, 0.1) is 44.1 Å². The lowest BCUT2D eigenvalue weighted by Crippen LogP contribution is -2.63. The Morgan fingerprint density at radius 3 is 2.21 bits per heavy atom. The van der Waals surface area contributed by atoms with Crippen molar-refractivity contribution in [1.82, 2.24) is 4.90 Å². The fourth-order valence-electron chi connectivity index (χ4n) is 4.63. The van der Waals surface area contributed by atoms with Crippen molar-refractivity contribution in [3.05, 3.63) is 29.8 Å². The molecule has 29 heavy (non-hydrogen) atoms. The minimum atomic E-state index is -0.971. The van der Waals surface area contributed by atoms with Crippen LogP contribution in [0.25, 0.3) is 0 Å². The van der Waals surface area contributed by atoms with Crippen molar-refractivity contribution in [2.45, 2.75) is 56.9 Å². The van der Waals surface area contributed by atoms with Crippen LogP contribution in [0, 0.1) is 0 Å². The van der Waals surface area contributed by atoms with E-state index in [1.54, 1.807) is 4.90 Å². The molecule has 3 heterocycles. The molecule has 1 amide bonds. The summed E-state index contributed by atoms with van der Waals surface area (Å²) in [7, 11) is 0. The van der Waals surface area contributed by atoms with Gasteiger partial charge < -0.3 is 24.2 Å². The van der Waals surface area contributed by atoms with Crippen molar-refractivity contribution in [3.63, 3.8) is 0 Å². The van der Waals surface area contributed by atoms with Crippen molar-refractivity contribution in [3.8, 4) is 0 Å². The molecule has 3 saturated heterocycles. The summed E-state index contributed by atoms with van der Waals surface area (Å²) in [5.41, 5.74) is 0.529. The van der Waals surface area contributed by atoms with Crippen LogP contribution in [0.5, 0.6) is 0 Å². The highest BCUT2D eigenvalue weighted by atomic mass is 16.6. The van der Waals surface area contributed by atoms with Gasteiger partial charge in [0, 0.05) is 31.6 Å². The van der Waals surface area contributed by atoms with Crippen LogP contribution in [-0.2, 0) is 19.8 Å². The molecule has 2 bridgehead atoms. The molecule has 7 heteroatoms. The largest absolute Gasteiger partial charge is 0.444 e. The van der Waals surface area contributed by atoms with Crippen LogP contribution in [-0.4, -0.2) is 73.3 Å². The minimum absolute atomic E-state index is 0.193. The van der Waals surface area contributed by atoms with E-state index < -0.39 is 11.2 Å². The average Bonchev–Trinajstić information content (AvgIpc) is 2.67. The highest BCUT2D eigenvalue weighted by molar-refractivity contribution is 5.69. The first-order valence-corrected chi connectivity index (χ1v) is 10.5. The average molecular weight is 405 g/mol. The number of benzene rings is 1. The summed E-state index contributed by atoms with van der Waals surface area (Å²) in [6.45, 7) is 9.71. The number of anilines is 1. The zero-order chi connectivity index (χ0) is 20.6. The van der Waals surface area contributed by atoms with Crippen LogP contribution < -0.4 is 4.90 Å². The van der Waals surface area contributed by atoms with Gasteiger partial charge in [0.2, 0.25) is 0 Å². The van der Waals surface area contributed by atoms with Gasteiger partial charge in [-0.2, -0.15) is 0 Å². The Hall–Kier alpha value is -1.83. The first-order valence-electron chi connectivity index (χ1n) is 10.5. The molecule has 2 unspecified atom stereocenters. The molecule has 160 valence electrons. The van der Waals surface area contributed by atoms with Gasteiger partial charge in [0.15, 0.2) is 0 Å². The van der Waals surface area contributed by atoms with Crippen LogP contribution in [0.3, 0.4) is 0 Å². The number of nitrogens with zero attached hydrogens (tertiary/aromatic N) is 2. The fourth-order valence-corrected chi connectivity index (χ4v) is 4.63. The van der Waals surface area contributed by atoms with E-state index in [9.17, 15) is 9.90 Å². The number of amides is 1. The van der Waals surface area contributed by atoms with Crippen LogP contribution in [0.4, 0.5) is 10.5 Å². The molecule has 4 rings (SSSR count). The van der Waals surface area contributed by atoms with Gasteiger partial charge in [-0.1, -0.05) is 12.1 Å². The lowest BCUT2D eigenvalue weighted by atomic mass is 9.77. The third kappa shape index (κ3) is 4.37. The highest BCUT2D eigenvalue weighted by Crippen LogP contribution is 2.42. The third-order valence-corrected chi connectivity index (χ3v) is 5.94. The molecule has 1 aromatic carbocycles. The maximum absolute atomic E-state index is 12.7. The summed E-state index contributed by atoms with van der Waals surface area (Å²) in [5, 5.41) is 11.5. The van der Waals surface area contributed by atoms with Gasteiger partial charge in [0.1, 0.15) is 5.60 Å². The van der Waals surface area contributed by atoms with Gasteiger partial charge in [-0.3, -0.25) is 4.90 Å². The number of hydrogen-bond acceptors (Lipinski definition) is 6. The van der Waals surface area contributed by atoms with E-state index >= 15 is 0 Å². The fraction of sp³-hybridized carbons (Fsp3) is 0.682. The lowest BCUT2D eigenvalue weighted by Gasteiger charge is -2.51. The summed E-state index contributed by atoms with van der Waals surface area (Å²) < 4.78 is 16.7. The second-order valence-corrected chi connectivity index (χ2v) is 9.32. The molecular weight excluding hydrogens is 372 g/mol. The van der Waals surface area contributed by atoms with Crippen molar-refractivity contribution in [2.75, 3.05) is 44.4 Å². The molecule has 0 aliphatic carbocycles. The summed E-state index contributed by atoms with van der Waals surface area (Å²) >= 11 is 0. The molecule has 2 atom stereocenters. The van der Waals surface area contributed by atoms with E-state index in [4.69, 9.17) is 14.2 Å². The van der Waals surface area contributed by atoms with E-state index in [1.165, 1.54) is 0 Å². The predicted octanol–water partition coefficient (Wildman–Crippen LogP) is 2.51. The summed E-state index contributed by atoms with van der Waals surface area (Å²) in [6, 6.07) is 7.80. The SMILES string of the molecule is CC(C)(C)OC(=O)N1C2COCC1CC(O)(c1ccc(N3CCOCC3)cc1)C2. The maximum Gasteiger partial charge on any atom is 0.410 e. The normalized spacial score (nSPS) is 30.2. The number of fused-ring (bicyclic) bond motifs is 2. The standard InChI is InChI=1S/C22H32N2O5/c1-21(2,3)29-20(25)24-18-12-22(26,13-19(24)15-28-14-18)16-4-6-17(7-5-16)23-8-10-27-11-9-23/h4-7,18-19,26H,8-15H2,1-3H3. The van der Waals surface area contributed by atoms with Crippen molar-refractivity contribution < 1.29 is 24.1 Å². The molecule has 0 radical (unpaired) electrons. The van der Waals surface area contributed by atoms with Crippen molar-refractivity contribution in [2.24, 2.45) is 0 Å².